The average molecular weight is 406 g/mol. The van der Waals surface area contributed by atoms with Gasteiger partial charge in [0.05, 0.1) is 11.2 Å². The summed E-state index contributed by atoms with van der Waals surface area (Å²) in [7, 11) is 1.88. The van der Waals surface area contributed by atoms with E-state index >= 15 is 0 Å². The molecule has 142 valence electrons. The Bertz CT molecular complexity index is 900. The van der Waals surface area contributed by atoms with Gasteiger partial charge in [-0.2, -0.15) is 0 Å². The van der Waals surface area contributed by atoms with Crippen molar-refractivity contribution in [3.05, 3.63) is 70.3 Å². The number of rotatable bonds is 7. The molecule has 9 heteroatoms. The highest BCUT2D eigenvalue weighted by molar-refractivity contribution is 7.12. The van der Waals surface area contributed by atoms with Crippen LogP contribution in [0.5, 0.6) is 0 Å². The highest BCUT2D eigenvalue weighted by atomic mass is 35.5. The van der Waals surface area contributed by atoms with E-state index in [0.29, 0.717) is 17.8 Å². The van der Waals surface area contributed by atoms with Gasteiger partial charge in [0.25, 0.3) is 11.8 Å². The molecule has 3 N–H and O–H groups in total. The van der Waals surface area contributed by atoms with Gasteiger partial charge < -0.3 is 20.2 Å². The Morgan fingerprint density at radius 2 is 2.19 bits per heavy atom. The molecular formula is C18H20ClN5O2S. The summed E-state index contributed by atoms with van der Waals surface area (Å²) in [6.07, 6.45) is 7.48. The Balaban J connectivity index is 0.00000261. The molecule has 2 amide bonds. The predicted octanol–water partition coefficient (Wildman–Crippen LogP) is 2.36. The Morgan fingerprint density at radius 3 is 2.81 bits per heavy atom. The van der Waals surface area contributed by atoms with Crippen LogP contribution in [0.4, 0.5) is 0 Å². The van der Waals surface area contributed by atoms with Gasteiger partial charge in [0, 0.05) is 43.8 Å². The number of hydrogen-bond donors (Lipinski definition) is 3. The van der Waals surface area contributed by atoms with E-state index in [0.717, 1.165) is 11.4 Å². The van der Waals surface area contributed by atoms with Gasteiger partial charge in [0.15, 0.2) is 0 Å². The summed E-state index contributed by atoms with van der Waals surface area (Å²) in [5.74, 6) is -0.639. The van der Waals surface area contributed by atoms with Crippen molar-refractivity contribution in [3.8, 4) is 0 Å². The molecule has 0 aliphatic rings. The van der Waals surface area contributed by atoms with Gasteiger partial charge in [-0.05, 0) is 29.7 Å². The van der Waals surface area contributed by atoms with Crippen LogP contribution in [0.25, 0.3) is 6.08 Å². The smallest absolute Gasteiger partial charge is 0.267 e. The second-order valence-corrected chi connectivity index (χ2v) is 6.56. The molecule has 3 heterocycles. The van der Waals surface area contributed by atoms with E-state index in [4.69, 9.17) is 0 Å². The number of carbonyl (C=O) groups excluding carboxylic acids is 2. The zero-order valence-electron chi connectivity index (χ0n) is 14.6. The number of nitrogens with one attached hydrogen (secondary N) is 3. The van der Waals surface area contributed by atoms with Crippen LogP contribution < -0.4 is 10.6 Å². The summed E-state index contributed by atoms with van der Waals surface area (Å²) in [5.41, 5.74) is 1.95. The fraction of sp³-hybridized carbons (Fsp3) is 0.167. The van der Waals surface area contributed by atoms with Crippen LogP contribution >= 0.6 is 23.7 Å². The van der Waals surface area contributed by atoms with Crippen molar-refractivity contribution in [2.24, 2.45) is 7.05 Å². The number of amides is 2. The van der Waals surface area contributed by atoms with Crippen molar-refractivity contribution in [3.63, 3.8) is 0 Å². The summed E-state index contributed by atoms with van der Waals surface area (Å²) in [6.45, 7) is 0.431. The lowest BCUT2D eigenvalue weighted by Gasteiger charge is -2.10. The molecule has 0 aliphatic carbocycles. The van der Waals surface area contributed by atoms with Crippen molar-refractivity contribution in [2.75, 3.05) is 6.54 Å². The molecule has 0 radical (unpaired) electrons. The normalized spacial score (nSPS) is 10.9. The third-order valence-electron chi connectivity index (χ3n) is 3.75. The Hall–Kier alpha value is -2.84. The summed E-state index contributed by atoms with van der Waals surface area (Å²) >= 11 is 1.32. The van der Waals surface area contributed by atoms with Crippen LogP contribution in [0, 0.1) is 0 Å². The molecular weight excluding hydrogens is 386 g/mol. The molecule has 0 fully saturated rings. The van der Waals surface area contributed by atoms with E-state index < -0.39 is 0 Å². The largest absolute Gasteiger partial charge is 0.351 e. The molecule has 0 saturated heterocycles. The van der Waals surface area contributed by atoms with Crippen LogP contribution in [0.3, 0.4) is 0 Å². The Labute approximate surface area is 166 Å². The first-order chi connectivity index (χ1) is 12.6. The Morgan fingerprint density at radius 1 is 1.33 bits per heavy atom. The number of thiophene rings is 1. The van der Waals surface area contributed by atoms with Gasteiger partial charge in [-0.25, -0.2) is 4.98 Å². The minimum atomic E-state index is -0.337. The topological polar surface area (TPSA) is 91.8 Å². The number of aromatic nitrogens is 3. The maximum absolute atomic E-state index is 12.6. The molecule has 7 nitrogen and oxygen atoms in total. The molecule has 0 unspecified atom stereocenters. The molecule has 0 aromatic carbocycles. The third-order valence-corrected chi connectivity index (χ3v) is 4.62. The molecule has 3 rings (SSSR count). The van der Waals surface area contributed by atoms with Gasteiger partial charge in [0.1, 0.15) is 5.70 Å². The fourth-order valence-electron chi connectivity index (χ4n) is 2.35. The van der Waals surface area contributed by atoms with Crippen molar-refractivity contribution >= 4 is 41.6 Å². The van der Waals surface area contributed by atoms with E-state index in [1.54, 1.807) is 30.7 Å². The van der Waals surface area contributed by atoms with E-state index in [-0.39, 0.29) is 29.9 Å². The summed E-state index contributed by atoms with van der Waals surface area (Å²) in [6, 6.07) is 7.26. The van der Waals surface area contributed by atoms with Gasteiger partial charge in [-0.15, -0.1) is 23.7 Å². The third kappa shape index (κ3) is 5.57. The van der Waals surface area contributed by atoms with Gasteiger partial charge >= 0.3 is 0 Å². The molecule has 3 aromatic rings. The van der Waals surface area contributed by atoms with Gasteiger partial charge in [0.2, 0.25) is 0 Å². The van der Waals surface area contributed by atoms with Crippen LogP contribution in [-0.4, -0.2) is 32.9 Å². The average Bonchev–Trinajstić information content (AvgIpc) is 3.37. The molecule has 0 atom stereocenters. The minimum absolute atomic E-state index is 0. The van der Waals surface area contributed by atoms with E-state index in [9.17, 15) is 9.59 Å². The molecule has 27 heavy (non-hydrogen) atoms. The zero-order chi connectivity index (χ0) is 18.4. The van der Waals surface area contributed by atoms with Crippen LogP contribution in [0.2, 0.25) is 0 Å². The van der Waals surface area contributed by atoms with Crippen molar-refractivity contribution < 1.29 is 9.59 Å². The first-order valence-corrected chi connectivity index (χ1v) is 8.95. The monoisotopic (exact) mass is 405 g/mol. The quantitative estimate of drug-likeness (QED) is 0.527. The Kier molecular flexibility index (Phi) is 7.39. The number of aromatic amines is 1. The highest BCUT2D eigenvalue weighted by Gasteiger charge is 2.15. The van der Waals surface area contributed by atoms with Crippen molar-refractivity contribution in [1.82, 2.24) is 25.2 Å². The SMILES string of the molecule is Cl.Cn1cccc1/C=C(/NC(=O)c1cccs1)C(=O)NCCc1cnc[nH]1. The van der Waals surface area contributed by atoms with E-state index in [1.807, 2.05) is 35.3 Å². The van der Waals surface area contributed by atoms with Crippen LogP contribution in [-0.2, 0) is 18.3 Å². The maximum atomic E-state index is 12.6. The lowest BCUT2D eigenvalue weighted by atomic mass is 10.2. The van der Waals surface area contributed by atoms with E-state index in [1.165, 1.54) is 11.3 Å². The first-order valence-electron chi connectivity index (χ1n) is 8.07. The predicted molar refractivity (Wildman–Crippen MR) is 108 cm³/mol. The second-order valence-electron chi connectivity index (χ2n) is 5.62. The molecule has 0 bridgehead atoms. The lowest BCUT2D eigenvalue weighted by Crippen LogP contribution is -2.35. The number of imidazole rings is 1. The summed E-state index contributed by atoms with van der Waals surface area (Å²) in [5, 5.41) is 7.36. The number of nitrogens with zero attached hydrogens (tertiary/aromatic N) is 2. The number of H-pyrrole nitrogens is 1. The highest BCUT2D eigenvalue weighted by Crippen LogP contribution is 2.11. The number of hydrogen-bond acceptors (Lipinski definition) is 4. The molecule has 0 saturated carbocycles. The van der Waals surface area contributed by atoms with Crippen molar-refractivity contribution in [1.29, 1.82) is 0 Å². The second kappa shape index (κ2) is 9.75. The van der Waals surface area contributed by atoms with Gasteiger partial charge in [-0.3, -0.25) is 9.59 Å². The molecule has 3 aromatic heterocycles. The van der Waals surface area contributed by atoms with Crippen molar-refractivity contribution in [2.45, 2.75) is 6.42 Å². The molecule has 0 spiro atoms. The maximum Gasteiger partial charge on any atom is 0.267 e. The first kappa shape index (κ1) is 20.5. The van der Waals surface area contributed by atoms with Gasteiger partial charge in [-0.1, -0.05) is 6.07 Å². The number of aryl methyl sites for hydroxylation is 1. The van der Waals surface area contributed by atoms with E-state index in [2.05, 4.69) is 20.6 Å². The standard InChI is InChI=1S/C18H19N5O2S.ClH/c1-23-8-2-4-14(23)10-15(22-18(25)16-5-3-9-26-16)17(24)20-7-6-13-11-19-12-21-13;/h2-5,8-12H,6-7H2,1H3,(H,19,21)(H,20,24)(H,22,25);1H/b15-10+;. The number of halogens is 1. The molecule has 0 aliphatic heterocycles. The van der Waals surface area contributed by atoms with Crippen LogP contribution in [0.15, 0.2) is 54.1 Å². The number of carbonyl (C=O) groups is 2. The summed E-state index contributed by atoms with van der Waals surface area (Å²) < 4.78 is 1.87. The lowest BCUT2D eigenvalue weighted by molar-refractivity contribution is -0.117. The van der Waals surface area contributed by atoms with Crippen LogP contribution in [0.1, 0.15) is 21.1 Å². The summed E-state index contributed by atoms with van der Waals surface area (Å²) in [4.78, 5) is 32.4. The zero-order valence-corrected chi connectivity index (χ0v) is 16.3. The fourth-order valence-corrected chi connectivity index (χ4v) is 2.97. The minimum Gasteiger partial charge on any atom is -0.351 e.